The first kappa shape index (κ1) is 25.4. The topological polar surface area (TPSA) is 19.4 Å². The summed E-state index contributed by atoms with van der Waals surface area (Å²) >= 11 is 0. The van der Waals surface area contributed by atoms with Gasteiger partial charge in [-0.15, -0.1) is 6.58 Å². The lowest BCUT2D eigenvalue weighted by molar-refractivity contribution is 0.131. The summed E-state index contributed by atoms with van der Waals surface area (Å²) in [5.74, 6) is 1.02. The maximum atomic E-state index is 5.02. The maximum absolute atomic E-state index is 5.02. The van der Waals surface area contributed by atoms with Crippen molar-refractivity contribution in [2.75, 3.05) is 9.80 Å². The third-order valence-electron chi connectivity index (χ3n) is 9.33. The van der Waals surface area contributed by atoms with E-state index in [1.165, 1.54) is 33.6 Å². The molecule has 1 aromatic heterocycles. The summed E-state index contributed by atoms with van der Waals surface area (Å²) in [4.78, 5) is 10.1. The predicted octanol–water partition coefficient (Wildman–Crippen LogP) is 9.54. The molecule has 3 heterocycles. The molecule has 6 rings (SSSR count). The quantitative estimate of drug-likeness (QED) is 0.253. The van der Waals surface area contributed by atoms with Gasteiger partial charge in [0, 0.05) is 28.3 Å². The average molecular weight is 514 g/mol. The fraction of sp³-hybridized carbons (Fsp3) is 0.306. The van der Waals surface area contributed by atoms with E-state index in [1.54, 1.807) is 0 Å². The third kappa shape index (κ3) is 3.66. The van der Waals surface area contributed by atoms with Gasteiger partial charge in [0.2, 0.25) is 0 Å². The summed E-state index contributed by atoms with van der Waals surface area (Å²) < 4.78 is 0. The molecule has 3 nitrogen and oxygen atoms in total. The van der Waals surface area contributed by atoms with Gasteiger partial charge in [0.1, 0.15) is 6.17 Å². The van der Waals surface area contributed by atoms with Gasteiger partial charge in [0.25, 0.3) is 0 Å². The van der Waals surface area contributed by atoms with Crippen molar-refractivity contribution in [1.29, 1.82) is 0 Å². The molecule has 2 aliphatic rings. The van der Waals surface area contributed by atoms with Crippen LogP contribution in [0.15, 0.2) is 104 Å². The summed E-state index contributed by atoms with van der Waals surface area (Å²) in [5, 5.41) is 0. The second-order valence-corrected chi connectivity index (χ2v) is 12.9. The van der Waals surface area contributed by atoms with Crippen LogP contribution in [0.1, 0.15) is 59.1 Å². The Morgan fingerprint density at radius 3 is 2.23 bits per heavy atom. The van der Waals surface area contributed by atoms with Crippen molar-refractivity contribution in [3.8, 4) is 11.1 Å². The molecular formula is C36H39N3. The minimum atomic E-state index is -0.171. The molecule has 2 unspecified atom stereocenters. The zero-order valence-corrected chi connectivity index (χ0v) is 24.1. The highest BCUT2D eigenvalue weighted by Gasteiger charge is 2.59. The maximum Gasteiger partial charge on any atom is 0.158 e. The molecule has 2 atom stereocenters. The zero-order chi connectivity index (χ0) is 27.6. The molecule has 0 N–H and O–H groups in total. The molecule has 39 heavy (non-hydrogen) atoms. The number of nitrogens with zero attached hydrogens (tertiary/aromatic N) is 3. The smallest absolute Gasteiger partial charge is 0.158 e. The van der Waals surface area contributed by atoms with Crippen LogP contribution in [-0.2, 0) is 10.8 Å². The number of hydrogen-bond donors (Lipinski definition) is 0. The number of rotatable bonds is 4. The lowest BCUT2D eigenvalue weighted by Gasteiger charge is -2.57. The van der Waals surface area contributed by atoms with Gasteiger partial charge in [-0.1, -0.05) is 108 Å². The molecule has 3 aromatic carbocycles. The number of benzene rings is 3. The summed E-state index contributed by atoms with van der Waals surface area (Å²) in [6.45, 7) is 18.4. The van der Waals surface area contributed by atoms with Gasteiger partial charge in [0.15, 0.2) is 5.82 Å². The number of para-hydroxylation sites is 1. The van der Waals surface area contributed by atoms with E-state index in [9.17, 15) is 0 Å². The van der Waals surface area contributed by atoms with Crippen LogP contribution >= 0.6 is 0 Å². The number of anilines is 4. The summed E-state index contributed by atoms with van der Waals surface area (Å²) in [7, 11) is 0. The first-order valence-corrected chi connectivity index (χ1v) is 14.0. The molecule has 0 radical (unpaired) electrons. The SMILES string of the molecule is C=CCC1(C)c2cc(C(C)(C)C)ccc2N2c3ncccc3N(c3ccccc3-c3ccccc3)C2C1(C)C. The highest BCUT2D eigenvalue weighted by atomic mass is 15.5. The van der Waals surface area contributed by atoms with Crippen molar-refractivity contribution in [2.45, 2.75) is 65.0 Å². The van der Waals surface area contributed by atoms with Crippen LogP contribution in [0.2, 0.25) is 0 Å². The first-order valence-electron chi connectivity index (χ1n) is 14.0. The van der Waals surface area contributed by atoms with Crippen molar-refractivity contribution in [3.63, 3.8) is 0 Å². The lowest BCUT2D eigenvalue weighted by Crippen LogP contribution is -2.61. The number of pyridine rings is 1. The largest absolute Gasteiger partial charge is 0.316 e. The van der Waals surface area contributed by atoms with Gasteiger partial charge in [0.05, 0.1) is 11.4 Å². The van der Waals surface area contributed by atoms with Gasteiger partial charge >= 0.3 is 0 Å². The normalized spacial score (nSPS) is 21.2. The average Bonchev–Trinajstić information content (AvgIpc) is 3.28. The van der Waals surface area contributed by atoms with Crippen LogP contribution in [-0.4, -0.2) is 11.1 Å². The van der Waals surface area contributed by atoms with Crippen LogP contribution in [0.5, 0.6) is 0 Å². The summed E-state index contributed by atoms with van der Waals surface area (Å²) in [5.41, 5.74) is 8.53. The summed E-state index contributed by atoms with van der Waals surface area (Å²) in [6, 6.07) is 30.9. The molecule has 0 saturated heterocycles. The van der Waals surface area contributed by atoms with Crippen molar-refractivity contribution in [2.24, 2.45) is 5.41 Å². The molecule has 0 bridgehead atoms. The van der Waals surface area contributed by atoms with E-state index in [0.717, 1.165) is 17.9 Å². The van der Waals surface area contributed by atoms with Crippen molar-refractivity contribution in [3.05, 3.63) is 115 Å². The number of hydrogen-bond acceptors (Lipinski definition) is 3. The Bertz CT molecular complexity index is 1550. The number of fused-ring (bicyclic) bond motifs is 5. The Hall–Kier alpha value is -3.85. The molecular weight excluding hydrogens is 474 g/mol. The molecule has 0 spiro atoms. The molecule has 198 valence electrons. The fourth-order valence-corrected chi connectivity index (χ4v) is 6.77. The van der Waals surface area contributed by atoms with E-state index in [0.29, 0.717) is 0 Å². The molecule has 0 amide bonds. The Labute approximate surface area is 233 Å². The van der Waals surface area contributed by atoms with Gasteiger partial charge in [-0.05, 0) is 52.8 Å². The van der Waals surface area contributed by atoms with E-state index in [4.69, 9.17) is 4.98 Å². The Balaban J connectivity index is 1.66. The number of aromatic nitrogens is 1. The van der Waals surface area contributed by atoms with Crippen LogP contribution in [0.4, 0.5) is 22.9 Å². The third-order valence-corrected chi connectivity index (χ3v) is 9.33. The van der Waals surface area contributed by atoms with Crippen LogP contribution in [0, 0.1) is 5.41 Å². The zero-order valence-electron chi connectivity index (χ0n) is 24.1. The summed E-state index contributed by atoms with van der Waals surface area (Å²) in [6.07, 6.45) is 4.96. The van der Waals surface area contributed by atoms with Crippen molar-refractivity contribution in [1.82, 2.24) is 4.98 Å². The van der Waals surface area contributed by atoms with E-state index in [-0.39, 0.29) is 22.4 Å². The van der Waals surface area contributed by atoms with E-state index < -0.39 is 0 Å². The van der Waals surface area contributed by atoms with E-state index in [2.05, 4.69) is 149 Å². The van der Waals surface area contributed by atoms with Crippen molar-refractivity contribution >= 4 is 22.9 Å². The number of allylic oxidation sites excluding steroid dienone is 1. The lowest BCUT2D eigenvalue weighted by atomic mass is 9.56. The highest BCUT2D eigenvalue weighted by molar-refractivity contribution is 5.93. The minimum absolute atomic E-state index is 0.0326. The van der Waals surface area contributed by atoms with E-state index in [1.807, 2.05) is 6.20 Å². The first-order chi connectivity index (χ1) is 18.6. The molecule has 0 saturated carbocycles. The minimum Gasteiger partial charge on any atom is -0.316 e. The molecule has 0 fully saturated rings. The Morgan fingerprint density at radius 2 is 1.51 bits per heavy atom. The Kier molecular flexibility index (Phi) is 5.77. The van der Waals surface area contributed by atoms with Crippen molar-refractivity contribution < 1.29 is 0 Å². The Morgan fingerprint density at radius 1 is 0.821 bits per heavy atom. The highest BCUT2D eigenvalue weighted by Crippen LogP contribution is 2.63. The van der Waals surface area contributed by atoms with Gasteiger partial charge in [-0.2, -0.15) is 0 Å². The van der Waals surface area contributed by atoms with Gasteiger partial charge in [-0.3, -0.25) is 0 Å². The van der Waals surface area contributed by atoms with Crippen LogP contribution < -0.4 is 9.80 Å². The van der Waals surface area contributed by atoms with E-state index >= 15 is 0 Å². The second kappa shape index (κ2) is 8.84. The molecule has 3 heteroatoms. The predicted molar refractivity (Wildman–Crippen MR) is 165 cm³/mol. The molecule has 2 aliphatic heterocycles. The van der Waals surface area contributed by atoms with Crippen LogP contribution in [0.25, 0.3) is 11.1 Å². The molecule has 4 aromatic rings. The second-order valence-electron chi connectivity index (χ2n) is 12.9. The van der Waals surface area contributed by atoms with Gasteiger partial charge < -0.3 is 9.80 Å². The van der Waals surface area contributed by atoms with Crippen LogP contribution in [0.3, 0.4) is 0 Å². The monoisotopic (exact) mass is 513 g/mol. The standard InChI is InChI=1S/C36H39N3/c1-8-22-36(7)28-24-26(34(2,3)4)20-21-30(28)39-32-31(19-14-23-37-32)38(33(39)35(36,5)6)29-18-13-12-17-27(29)25-15-10-9-11-16-25/h8-21,23-24,33H,1,22H2,2-7H3. The fourth-order valence-electron chi connectivity index (χ4n) is 6.77. The van der Waals surface area contributed by atoms with Gasteiger partial charge in [-0.25, -0.2) is 4.98 Å². The molecule has 0 aliphatic carbocycles.